The molecule has 1 aliphatic heterocycles. The average molecular weight is 592 g/mol. The zero-order valence-electron chi connectivity index (χ0n) is 23.3. The molecule has 0 bridgehead atoms. The highest BCUT2D eigenvalue weighted by molar-refractivity contribution is 6.62. The Balaban J connectivity index is 1.74. The molecule has 0 aliphatic carbocycles. The maximum atomic E-state index is 13.3. The fourth-order valence-corrected chi connectivity index (χ4v) is 4.51. The second-order valence-electron chi connectivity index (χ2n) is 10.6. The molecule has 2 aromatic carbocycles. The molecule has 0 saturated carbocycles. The van der Waals surface area contributed by atoms with E-state index in [0.29, 0.717) is 16.7 Å². The van der Waals surface area contributed by atoms with E-state index in [9.17, 15) is 32.6 Å². The third-order valence-corrected chi connectivity index (χ3v) is 6.95. The van der Waals surface area contributed by atoms with Crippen molar-refractivity contribution < 1.29 is 37.2 Å². The average Bonchev–Trinajstić information content (AvgIpc) is 3.16. The number of amides is 3. The van der Waals surface area contributed by atoms with E-state index in [4.69, 9.17) is 21.9 Å². The molecule has 0 aromatic heterocycles. The lowest BCUT2D eigenvalue weighted by atomic mass is 9.78. The Morgan fingerprint density at radius 1 is 1.02 bits per heavy atom. The largest absolute Gasteiger partial charge is 0.492 e. The molecular weight excluding hydrogens is 556 g/mol. The number of anilines is 1. The van der Waals surface area contributed by atoms with E-state index in [1.807, 2.05) is 0 Å². The van der Waals surface area contributed by atoms with Crippen molar-refractivity contribution in [3.05, 3.63) is 59.2 Å². The van der Waals surface area contributed by atoms with Gasteiger partial charge >= 0.3 is 13.3 Å². The molecule has 3 rings (SSSR count). The van der Waals surface area contributed by atoms with Gasteiger partial charge in [-0.25, -0.2) is 0 Å². The van der Waals surface area contributed by atoms with Crippen LogP contribution in [0.2, 0.25) is 0 Å². The molecule has 0 radical (unpaired) electrons. The quantitative estimate of drug-likeness (QED) is 0.165. The van der Waals surface area contributed by atoms with Gasteiger partial charge in [0, 0.05) is 31.6 Å². The van der Waals surface area contributed by atoms with E-state index in [0.717, 1.165) is 17.7 Å². The summed E-state index contributed by atoms with van der Waals surface area (Å²) in [6, 6.07) is 6.24. The number of nitrogens with one attached hydrogen (secondary N) is 3. The number of carbonyl (C=O) groups is 3. The molecule has 1 heterocycles. The summed E-state index contributed by atoms with van der Waals surface area (Å²) in [7, 11) is -1.20. The summed E-state index contributed by atoms with van der Waals surface area (Å²) in [6.07, 6.45) is -4.84. The first kappa shape index (κ1) is 33.0. The molecule has 15 heteroatoms. The predicted octanol–water partition coefficient (Wildman–Crippen LogP) is -0.166. The fraction of sp³-hybridized carbons (Fsp3) is 0.444. The van der Waals surface area contributed by atoms with Crippen LogP contribution in [0.5, 0.6) is 0 Å². The number of alkyl halides is 3. The minimum Gasteiger partial charge on any atom is -0.423 e. The molecular formula is C27H36BF3N6O5. The summed E-state index contributed by atoms with van der Waals surface area (Å²) in [4.78, 5) is 38.4. The van der Waals surface area contributed by atoms with Crippen LogP contribution in [-0.4, -0.2) is 61.1 Å². The van der Waals surface area contributed by atoms with Gasteiger partial charge in [-0.15, -0.1) is 0 Å². The Hall–Kier alpha value is -3.50. The van der Waals surface area contributed by atoms with Gasteiger partial charge in [0.2, 0.25) is 17.7 Å². The molecule has 228 valence electrons. The van der Waals surface area contributed by atoms with E-state index in [2.05, 4.69) is 16.0 Å². The number of carbonyl (C=O) groups excluding carboxylic acids is 3. The van der Waals surface area contributed by atoms with Gasteiger partial charge in [-0.2, -0.15) is 13.2 Å². The summed E-state index contributed by atoms with van der Waals surface area (Å²) in [6.45, 7) is 3.86. The molecule has 0 saturated heterocycles. The number of halogens is 3. The van der Waals surface area contributed by atoms with Gasteiger partial charge in [-0.05, 0) is 61.1 Å². The summed E-state index contributed by atoms with van der Waals surface area (Å²) < 4.78 is 44.6. The lowest BCUT2D eigenvalue weighted by molar-refractivity contribution is -0.137. The zero-order valence-corrected chi connectivity index (χ0v) is 23.3. The van der Waals surface area contributed by atoms with Crippen molar-refractivity contribution >= 4 is 36.0 Å². The van der Waals surface area contributed by atoms with Gasteiger partial charge in [0.1, 0.15) is 6.04 Å². The van der Waals surface area contributed by atoms with Crippen LogP contribution in [-0.2, 0) is 37.2 Å². The number of hydrogen-bond donors (Lipinski definition) is 7. The minimum absolute atomic E-state index is 0.0490. The Morgan fingerprint density at radius 2 is 1.67 bits per heavy atom. The number of nitrogens with two attached hydrogens (primary N) is 3. The smallest absolute Gasteiger partial charge is 0.423 e. The number of hydrogen-bond acceptors (Lipinski definition) is 8. The predicted molar refractivity (Wildman–Crippen MR) is 151 cm³/mol. The molecule has 0 fully saturated rings. The van der Waals surface area contributed by atoms with Gasteiger partial charge in [0.05, 0.1) is 23.2 Å². The van der Waals surface area contributed by atoms with Crippen LogP contribution in [0.4, 0.5) is 18.9 Å². The molecule has 11 nitrogen and oxygen atoms in total. The highest BCUT2D eigenvalue weighted by Gasteiger charge is 2.40. The number of rotatable bonds is 12. The van der Waals surface area contributed by atoms with E-state index < -0.39 is 60.3 Å². The van der Waals surface area contributed by atoms with Gasteiger partial charge in [-0.3, -0.25) is 14.4 Å². The molecule has 0 spiro atoms. The molecule has 42 heavy (non-hydrogen) atoms. The lowest BCUT2D eigenvalue weighted by Gasteiger charge is -2.22. The van der Waals surface area contributed by atoms with Crippen LogP contribution in [0.15, 0.2) is 42.5 Å². The standard InChI is InChI=1S/C27H36BF3N6O5/c1-26(2)19-8-7-17(12-20(19)28(41)42-26)36-25(40)22(11-15-3-5-16(6-4-15)27(29,30)31)37-24(39)21(34)9-10-23(38)35-18(13-32)14-33/h3-8,12,18,21-22,41H,9-11,13-14,32-34H2,1-2H3,(H,35,38)(H,36,40)(H,37,39). The van der Waals surface area contributed by atoms with E-state index in [-0.39, 0.29) is 32.4 Å². The maximum absolute atomic E-state index is 13.3. The third kappa shape index (κ3) is 8.52. The van der Waals surface area contributed by atoms with Crippen LogP contribution in [0.3, 0.4) is 0 Å². The van der Waals surface area contributed by atoms with Gasteiger partial charge in [0.25, 0.3) is 0 Å². The maximum Gasteiger partial charge on any atom is 0.492 e. The van der Waals surface area contributed by atoms with Crippen LogP contribution in [0.25, 0.3) is 0 Å². The normalized spacial score (nSPS) is 15.6. The summed E-state index contributed by atoms with van der Waals surface area (Å²) >= 11 is 0. The Morgan fingerprint density at radius 3 is 2.26 bits per heavy atom. The molecule has 3 amide bonds. The molecule has 10 N–H and O–H groups in total. The number of benzene rings is 2. The lowest BCUT2D eigenvalue weighted by Crippen LogP contribution is -2.51. The third-order valence-electron chi connectivity index (χ3n) is 6.95. The van der Waals surface area contributed by atoms with Crippen molar-refractivity contribution in [3.63, 3.8) is 0 Å². The van der Waals surface area contributed by atoms with Crippen LogP contribution < -0.4 is 38.6 Å². The second-order valence-corrected chi connectivity index (χ2v) is 10.6. The van der Waals surface area contributed by atoms with Crippen molar-refractivity contribution in [2.75, 3.05) is 18.4 Å². The van der Waals surface area contributed by atoms with Crippen molar-refractivity contribution in [3.8, 4) is 0 Å². The van der Waals surface area contributed by atoms with Crippen LogP contribution in [0.1, 0.15) is 43.4 Å². The van der Waals surface area contributed by atoms with Gasteiger partial charge in [-0.1, -0.05) is 18.2 Å². The Kier molecular flexibility index (Phi) is 10.7. The van der Waals surface area contributed by atoms with Crippen LogP contribution in [0, 0.1) is 0 Å². The highest BCUT2D eigenvalue weighted by Crippen LogP contribution is 2.31. The van der Waals surface area contributed by atoms with Crippen molar-refractivity contribution in [2.45, 2.75) is 63.0 Å². The minimum atomic E-state index is -4.53. The summed E-state index contributed by atoms with van der Waals surface area (Å²) in [5.74, 6) is -1.80. The highest BCUT2D eigenvalue weighted by atomic mass is 19.4. The first-order valence-corrected chi connectivity index (χ1v) is 13.4. The monoisotopic (exact) mass is 592 g/mol. The fourth-order valence-electron chi connectivity index (χ4n) is 4.51. The number of fused-ring (bicyclic) bond motifs is 1. The van der Waals surface area contributed by atoms with Crippen LogP contribution >= 0.6 is 0 Å². The SMILES string of the molecule is CC1(C)OB(O)c2cc(NC(=O)C(Cc3ccc(C(F)(F)F)cc3)NC(=O)C(N)CCC(=O)NC(CN)CN)ccc21. The van der Waals surface area contributed by atoms with Gasteiger partial charge in [0.15, 0.2) is 0 Å². The molecule has 2 aromatic rings. The first-order valence-electron chi connectivity index (χ1n) is 13.4. The van der Waals surface area contributed by atoms with E-state index in [1.165, 1.54) is 12.1 Å². The Bertz CT molecular complexity index is 1270. The molecule has 2 atom stereocenters. The van der Waals surface area contributed by atoms with Gasteiger partial charge < -0.3 is 42.8 Å². The molecule has 1 aliphatic rings. The van der Waals surface area contributed by atoms with Crippen molar-refractivity contribution in [1.82, 2.24) is 10.6 Å². The second kappa shape index (κ2) is 13.7. The zero-order chi connectivity index (χ0) is 31.2. The summed E-state index contributed by atoms with van der Waals surface area (Å²) in [5, 5.41) is 18.1. The first-order chi connectivity index (χ1) is 19.6. The van der Waals surface area contributed by atoms with Crippen molar-refractivity contribution in [1.29, 1.82) is 0 Å². The molecule has 2 unspecified atom stereocenters. The van der Waals surface area contributed by atoms with E-state index >= 15 is 0 Å². The topological polar surface area (TPSA) is 195 Å². The van der Waals surface area contributed by atoms with E-state index in [1.54, 1.807) is 32.0 Å². The summed E-state index contributed by atoms with van der Waals surface area (Å²) in [5.41, 5.74) is 17.3. The van der Waals surface area contributed by atoms with Crippen molar-refractivity contribution in [2.24, 2.45) is 17.2 Å². The Labute approximate surface area is 241 Å².